The number of hydrogen-bond acceptors (Lipinski definition) is 2. The van der Waals surface area contributed by atoms with Crippen LogP contribution in [0.3, 0.4) is 0 Å². The van der Waals surface area contributed by atoms with E-state index in [2.05, 4.69) is 0 Å². The van der Waals surface area contributed by atoms with Gasteiger partial charge in [-0.1, -0.05) is 30.3 Å². The van der Waals surface area contributed by atoms with Gasteiger partial charge in [0.1, 0.15) is 0 Å². The first kappa shape index (κ1) is 12.7. The quantitative estimate of drug-likeness (QED) is 0.802. The molecule has 3 nitrogen and oxygen atoms in total. The molecule has 1 aromatic rings. The molecule has 3 heteroatoms. The van der Waals surface area contributed by atoms with E-state index in [-0.39, 0.29) is 0 Å². The summed E-state index contributed by atoms with van der Waals surface area (Å²) in [7, 11) is 0. The zero-order valence-electron chi connectivity index (χ0n) is 9.68. The highest BCUT2D eigenvalue weighted by atomic mass is 16.4. The van der Waals surface area contributed by atoms with Crippen LogP contribution in [0.5, 0.6) is 0 Å². The van der Waals surface area contributed by atoms with Gasteiger partial charge in [0.15, 0.2) is 0 Å². The van der Waals surface area contributed by atoms with Crippen LogP contribution in [0, 0.1) is 5.41 Å². The van der Waals surface area contributed by atoms with Gasteiger partial charge in [-0.25, -0.2) is 0 Å². The first-order valence-corrected chi connectivity index (χ1v) is 5.40. The molecule has 0 amide bonds. The molecule has 0 aliphatic heterocycles. The second kappa shape index (κ2) is 5.12. The van der Waals surface area contributed by atoms with E-state index in [1.54, 1.807) is 13.8 Å². The molecule has 1 atom stereocenters. The maximum atomic E-state index is 10.9. The maximum absolute atomic E-state index is 10.9. The number of aliphatic hydroxyl groups excluding tert-OH is 1. The van der Waals surface area contributed by atoms with Crippen molar-refractivity contribution < 1.29 is 15.0 Å². The molecule has 16 heavy (non-hydrogen) atoms. The van der Waals surface area contributed by atoms with E-state index in [1.165, 1.54) is 0 Å². The number of hydrogen-bond donors (Lipinski definition) is 2. The van der Waals surface area contributed by atoms with Crippen molar-refractivity contribution in [3.8, 4) is 0 Å². The average molecular weight is 222 g/mol. The minimum absolute atomic E-state index is 0.462. The summed E-state index contributed by atoms with van der Waals surface area (Å²) in [4.78, 5) is 10.9. The Hall–Kier alpha value is -1.35. The minimum Gasteiger partial charge on any atom is -0.481 e. The molecule has 0 heterocycles. The molecule has 1 aromatic carbocycles. The molecule has 1 unspecified atom stereocenters. The van der Waals surface area contributed by atoms with E-state index >= 15 is 0 Å². The number of rotatable bonds is 5. The summed E-state index contributed by atoms with van der Waals surface area (Å²) in [6, 6.07) is 9.75. The largest absolute Gasteiger partial charge is 0.481 e. The third-order valence-electron chi connectivity index (χ3n) is 2.93. The summed E-state index contributed by atoms with van der Waals surface area (Å²) in [6.45, 7) is 3.09. The van der Waals surface area contributed by atoms with Crippen LogP contribution in [-0.4, -0.2) is 22.3 Å². The predicted molar refractivity (Wildman–Crippen MR) is 62.2 cm³/mol. The van der Waals surface area contributed by atoms with Crippen LogP contribution in [0.1, 0.15) is 25.8 Å². The number of benzene rings is 1. The monoisotopic (exact) mass is 222 g/mol. The molecule has 1 rings (SSSR count). The van der Waals surface area contributed by atoms with Crippen molar-refractivity contribution in [1.29, 1.82) is 0 Å². The number of aliphatic carboxylic acids is 1. The molecule has 0 fully saturated rings. The van der Waals surface area contributed by atoms with Gasteiger partial charge in [-0.15, -0.1) is 0 Å². The summed E-state index contributed by atoms with van der Waals surface area (Å²) in [5.41, 5.74) is 0.0251. The maximum Gasteiger partial charge on any atom is 0.311 e. The Morgan fingerprint density at radius 2 is 1.88 bits per heavy atom. The van der Waals surface area contributed by atoms with Crippen LogP contribution in [0.2, 0.25) is 0 Å². The van der Waals surface area contributed by atoms with Gasteiger partial charge in [0, 0.05) is 0 Å². The standard InChI is InChI=1S/C13H18O3/c1-13(2,12(15)16)11(14)9-8-10-6-4-3-5-7-10/h3-7,11,14H,8-9H2,1-2H3,(H,15,16). The van der Waals surface area contributed by atoms with Crippen LogP contribution in [0.4, 0.5) is 0 Å². The summed E-state index contributed by atoms with van der Waals surface area (Å²) in [5, 5.41) is 18.8. The fraction of sp³-hybridized carbons (Fsp3) is 0.462. The number of carboxylic acids is 1. The van der Waals surface area contributed by atoms with Gasteiger partial charge in [0.05, 0.1) is 11.5 Å². The van der Waals surface area contributed by atoms with Crippen LogP contribution in [0.15, 0.2) is 30.3 Å². The highest BCUT2D eigenvalue weighted by molar-refractivity contribution is 5.74. The summed E-state index contributed by atoms with van der Waals surface area (Å²) in [5.74, 6) is -0.965. The summed E-state index contributed by atoms with van der Waals surface area (Å²) in [6.07, 6.45) is 0.326. The van der Waals surface area contributed by atoms with E-state index in [0.717, 1.165) is 5.56 Å². The molecule has 0 bridgehead atoms. The van der Waals surface area contributed by atoms with Gasteiger partial charge < -0.3 is 10.2 Å². The zero-order chi connectivity index (χ0) is 12.2. The Kier molecular flexibility index (Phi) is 4.07. The van der Waals surface area contributed by atoms with Crippen molar-refractivity contribution in [2.75, 3.05) is 0 Å². The lowest BCUT2D eigenvalue weighted by Crippen LogP contribution is -2.37. The molecule has 2 N–H and O–H groups in total. The molecule has 0 spiro atoms. The van der Waals surface area contributed by atoms with Gasteiger partial charge in [0.2, 0.25) is 0 Å². The van der Waals surface area contributed by atoms with E-state index in [9.17, 15) is 9.90 Å². The lowest BCUT2D eigenvalue weighted by atomic mass is 9.83. The average Bonchev–Trinajstić information content (AvgIpc) is 2.27. The molecule has 88 valence electrons. The second-order valence-electron chi connectivity index (χ2n) is 4.57. The number of carbonyl (C=O) groups is 1. The predicted octanol–water partition coefficient (Wildman–Crippen LogP) is 2.09. The normalized spacial score (nSPS) is 13.4. The van der Waals surface area contributed by atoms with Gasteiger partial charge >= 0.3 is 5.97 Å². The van der Waals surface area contributed by atoms with Crippen LogP contribution < -0.4 is 0 Å². The van der Waals surface area contributed by atoms with E-state index in [0.29, 0.717) is 12.8 Å². The van der Waals surface area contributed by atoms with E-state index < -0.39 is 17.5 Å². The number of aliphatic hydroxyl groups is 1. The molecule has 0 saturated carbocycles. The first-order chi connectivity index (χ1) is 7.44. The summed E-state index contributed by atoms with van der Waals surface area (Å²) >= 11 is 0. The molecular formula is C13H18O3. The topological polar surface area (TPSA) is 57.5 Å². The Morgan fingerprint density at radius 3 is 2.38 bits per heavy atom. The Labute approximate surface area is 95.7 Å². The lowest BCUT2D eigenvalue weighted by Gasteiger charge is -2.25. The van der Waals surface area contributed by atoms with Crippen molar-refractivity contribution in [3.63, 3.8) is 0 Å². The van der Waals surface area contributed by atoms with Crippen molar-refractivity contribution in [3.05, 3.63) is 35.9 Å². The van der Waals surface area contributed by atoms with Gasteiger partial charge in [-0.05, 0) is 32.3 Å². The van der Waals surface area contributed by atoms with Crippen molar-refractivity contribution in [2.45, 2.75) is 32.8 Å². The molecular weight excluding hydrogens is 204 g/mol. The number of carboxylic acid groups (broad SMARTS) is 1. The molecule has 0 aromatic heterocycles. The van der Waals surface area contributed by atoms with Crippen LogP contribution in [-0.2, 0) is 11.2 Å². The van der Waals surface area contributed by atoms with Crippen molar-refractivity contribution >= 4 is 5.97 Å². The minimum atomic E-state index is -1.09. The first-order valence-electron chi connectivity index (χ1n) is 5.40. The van der Waals surface area contributed by atoms with E-state index in [1.807, 2.05) is 30.3 Å². The Morgan fingerprint density at radius 1 is 1.31 bits per heavy atom. The van der Waals surface area contributed by atoms with Crippen molar-refractivity contribution in [1.82, 2.24) is 0 Å². The van der Waals surface area contributed by atoms with Gasteiger partial charge in [0.25, 0.3) is 0 Å². The Bertz CT molecular complexity index is 343. The fourth-order valence-corrected chi connectivity index (χ4v) is 1.45. The molecule has 0 aliphatic rings. The molecule has 0 aliphatic carbocycles. The van der Waals surface area contributed by atoms with E-state index in [4.69, 9.17) is 5.11 Å². The third kappa shape index (κ3) is 3.07. The third-order valence-corrected chi connectivity index (χ3v) is 2.93. The Balaban J connectivity index is 2.53. The summed E-state index contributed by atoms with van der Waals surface area (Å²) < 4.78 is 0. The fourth-order valence-electron chi connectivity index (χ4n) is 1.45. The lowest BCUT2D eigenvalue weighted by molar-refractivity contribution is -0.153. The van der Waals surface area contributed by atoms with Crippen molar-refractivity contribution in [2.24, 2.45) is 5.41 Å². The number of aryl methyl sites for hydroxylation is 1. The highest BCUT2D eigenvalue weighted by Gasteiger charge is 2.35. The van der Waals surface area contributed by atoms with Crippen LogP contribution >= 0.6 is 0 Å². The smallest absolute Gasteiger partial charge is 0.311 e. The SMILES string of the molecule is CC(C)(C(=O)O)C(O)CCc1ccccc1. The second-order valence-corrected chi connectivity index (χ2v) is 4.57. The van der Waals surface area contributed by atoms with Crippen LogP contribution in [0.25, 0.3) is 0 Å². The molecule has 0 radical (unpaired) electrons. The zero-order valence-corrected chi connectivity index (χ0v) is 9.68. The van der Waals surface area contributed by atoms with Gasteiger partial charge in [-0.3, -0.25) is 4.79 Å². The van der Waals surface area contributed by atoms with Gasteiger partial charge in [-0.2, -0.15) is 0 Å². The molecule has 0 saturated heterocycles. The highest BCUT2D eigenvalue weighted by Crippen LogP contribution is 2.24.